The summed E-state index contributed by atoms with van der Waals surface area (Å²) >= 11 is 6.18. The minimum atomic E-state index is 0.122. The molecule has 3 rings (SSSR count). The van der Waals surface area contributed by atoms with Crippen molar-refractivity contribution in [2.75, 3.05) is 13.2 Å². The fraction of sp³-hybridized carbons (Fsp3) is 0.250. The van der Waals surface area contributed by atoms with Crippen LogP contribution >= 0.6 is 11.6 Å². The zero-order chi connectivity index (χ0) is 14.1. The van der Waals surface area contributed by atoms with E-state index in [2.05, 4.69) is 10.1 Å². The number of hydrogen-bond acceptors (Lipinski definition) is 7. The summed E-state index contributed by atoms with van der Waals surface area (Å²) in [7, 11) is 0. The molecule has 0 atom stereocenters. The predicted octanol–water partition coefficient (Wildman–Crippen LogP) is 1.43. The number of carbonyl (C=O) groups excluding carboxylic acids is 1. The van der Waals surface area contributed by atoms with Crippen LogP contribution in [0.15, 0.2) is 10.6 Å². The molecular weight excluding hydrogens is 286 g/mol. The Morgan fingerprint density at radius 3 is 2.75 bits per heavy atom. The van der Waals surface area contributed by atoms with Gasteiger partial charge in [-0.15, -0.1) is 0 Å². The van der Waals surface area contributed by atoms with Gasteiger partial charge in [0.25, 0.3) is 0 Å². The standard InChI is InChI=1S/C12H10ClN3O4/c13-7-3-6(5-17)10-11(19-2-1-18-10)9(7)12-15-8(4-14)20-16-12/h3,5H,1-2,4,14H2. The molecule has 1 aliphatic heterocycles. The lowest BCUT2D eigenvalue weighted by Crippen LogP contribution is -2.17. The third-order valence-electron chi connectivity index (χ3n) is 2.79. The van der Waals surface area contributed by atoms with Crippen molar-refractivity contribution < 1.29 is 18.8 Å². The second-order valence-electron chi connectivity index (χ2n) is 4.01. The largest absolute Gasteiger partial charge is 0.485 e. The Kier molecular flexibility index (Phi) is 3.29. The molecule has 0 saturated heterocycles. The van der Waals surface area contributed by atoms with Gasteiger partial charge in [-0.25, -0.2) is 0 Å². The third-order valence-corrected chi connectivity index (χ3v) is 3.08. The maximum Gasteiger partial charge on any atom is 0.240 e. The van der Waals surface area contributed by atoms with Gasteiger partial charge in [-0.05, 0) is 6.07 Å². The Morgan fingerprint density at radius 1 is 1.35 bits per heavy atom. The van der Waals surface area contributed by atoms with Crippen LogP contribution in [0.25, 0.3) is 11.4 Å². The molecule has 1 aromatic carbocycles. The van der Waals surface area contributed by atoms with Gasteiger partial charge in [-0.3, -0.25) is 4.79 Å². The lowest BCUT2D eigenvalue weighted by atomic mass is 10.1. The smallest absolute Gasteiger partial charge is 0.240 e. The summed E-state index contributed by atoms with van der Waals surface area (Å²) < 4.78 is 16.0. The van der Waals surface area contributed by atoms with Crippen molar-refractivity contribution in [3.63, 3.8) is 0 Å². The fourth-order valence-corrected chi connectivity index (χ4v) is 2.22. The number of aldehydes is 1. The second-order valence-corrected chi connectivity index (χ2v) is 4.42. The first kappa shape index (κ1) is 12.9. The zero-order valence-corrected chi connectivity index (χ0v) is 11.0. The van der Waals surface area contributed by atoms with Crippen molar-refractivity contribution in [1.29, 1.82) is 0 Å². The monoisotopic (exact) mass is 295 g/mol. The van der Waals surface area contributed by atoms with Gasteiger partial charge in [0.2, 0.25) is 11.7 Å². The molecule has 0 spiro atoms. The first-order valence-corrected chi connectivity index (χ1v) is 6.22. The van der Waals surface area contributed by atoms with Gasteiger partial charge in [-0.2, -0.15) is 4.98 Å². The predicted molar refractivity (Wildman–Crippen MR) is 69.0 cm³/mol. The average molecular weight is 296 g/mol. The number of aromatic nitrogens is 2. The molecule has 0 unspecified atom stereocenters. The molecule has 0 aliphatic carbocycles. The van der Waals surface area contributed by atoms with Crippen molar-refractivity contribution >= 4 is 17.9 Å². The van der Waals surface area contributed by atoms with Crippen molar-refractivity contribution in [2.24, 2.45) is 5.73 Å². The van der Waals surface area contributed by atoms with E-state index < -0.39 is 0 Å². The summed E-state index contributed by atoms with van der Waals surface area (Å²) in [6.45, 7) is 0.825. The number of carbonyl (C=O) groups is 1. The summed E-state index contributed by atoms with van der Waals surface area (Å²) in [5, 5.41) is 4.09. The molecule has 7 nitrogen and oxygen atoms in total. The van der Waals surface area contributed by atoms with Crippen LogP contribution in [0.4, 0.5) is 0 Å². The highest BCUT2D eigenvalue weighted by molar-refractivity contribution is 6.34. The quantitative estimate of drug-likeness (QED) is 0.855. The van der Waals surface area contributed by atoms with E-state index in [1.54, 1.807) is 0 Å². The van der Waals surface area contributed by atoms with Crippen molar-refractivity contribution in [3.8, 4) is 22.9 Å². The second kappa shape index (κ2) is 5.10. The van der Waals surface area contributed by atoms with E-state index in [1.807, 2.05) is 0 Å². The molecule has 1 aliphatic rings. The number of halogens is 1. The first-order chi connectivity index (χ1) is 9.74. The summed E-state index contributed by atoms with van der Waals surface area (Å²) in [5.74, 6) is 1.20. The fourth-order valence-electron chi connectivity index (χ4n) is 1.94. The van der Waals surface area contributed by atoms with Gasteiger partial charge in [-0.1, -0.05) is 16.8 Å². The van der Waals surface area contributed by atoms with Crippen LogP contribution in [0.5, 0.6) is 11.5 Å². The van der Waals surface area contributed by atoms with E-state index in [4.69, 9.17) is 31.3 Å². The van der Waals surface area contributed by atoms with E-state index in [-0.39, 0.29) is 23.3 Å². The topological polar surface area (TPSA) is 100 Å². The lowest BCUT2D eigenvalue weighted by molar-refractivity contribution is 0.111. The maximum absolute atomic E-state index is 11.1. The van der Waals surface area contributed by atoms with E-state index in [9.17, 15) is 4.79 Å². The number of ether oxygens (including phenoxy) is 2. The number of hydrogen-bond donors (Lipinski definition) is 1. The molecule has 104 valence electrons. The van der Waals surface area contributed by atoms with Crippen LogP contribution in [0.3, 0.4) is 0 Å². The van der Waals surface area contributed by atoms with Crippen LogP contribution in [0.2, 0.25) is 5.02 Å². The van der Waals surface area contributed by atoms with Crippen molar-refractivity contribution in [1.82, 2.24) is 10.1 Å². The Balaban J connectivity index is 2.21. The van der Waals surface area contributed by atoms with Gasteiger partial charge in [0.15, 0.2) is 17.8 Å². The van der Waals surface area contributed by atoms with Crippen molar-refractivity contribution in [3.05, 3.63) is 22.5 Å². The Labute approximate surface area is 118 Å². The molecule has 1 aromatic heterocycles. The molecular formula is C12H10ClN3O4. The van der Waals surface area contributed by atoms with Gasteiger partial charge in [0.1, 0.15) is 13.2 Å². The number of nitrogens with zero attached hydrogens (tertiary/aromatic N) is 2. The molecule has 2 aromatic rings. The Bertz CT molecular complexity index is 671. The number of benzene rings is 1. The molecule has 0 amide bonds. The normalized spacial score (nSPS) is 13.3. The maximum atomic E-state index is 11.1. The minimum absolute atomic E-state index is 0.122. The van der Waals surface area contributed by atoms with E-state index in [0.29, 0.717) is 42.1 Å². The lowest BCUT2D eigenvalue weighted by Gasteiger charge is -2.22. The highest BCUT2D eigenvalue weighted by Gasteiger charge is 2.26. The Hall–Kier alpha value is -2.12. The molecule has 2 heterocycles. The number of rotatable bonds is 3. The van der Waals surface area contributed by atoms with Crippen molar-refractivity contribution in [2.45, 2.75) is 6.54 Å². The number of fused-ring (bicyclic) bond motifs is 1. The van der Waals surface area contributed by atoms with Crippen LogP contribution in [-0.2, 0) is 6.54 Å². The molecule has 2 N–H and O–H groups in total. The third kappa shape index (κ3) is 2.00. The number of nitrogens with two attached hydrogens (primary N) is 1. The molecule has 0 radical (unpaired) electrons. The van der Waals surface area contributed by atoms with E-state index in [0.717, 1.165) is 0 Å². The molecule has 0 saturated carbocycles. The van der Waals surface area contributed by atoms with Crippen LogP contribution in [0, 0.1) is 0 Å². The highest BCUT2D eigenvalue weighted by atomic mass is 35.5. The summed E-state index contributed by atoms with van der Waals surface area (Å²) in [6, 6.07) is 1.48. The molecule has 8 heteroatoms. The average Bonchev–Trinajstić information content (AvgIpc) is 2.94. The van der Waals surface area contributed by atoms with Crippen LogP contribution in [-0.4, -0.2) is 29.6 Å². The van der Waals surface area contributed by atoms with Crippen LogP contribution in [0.1, 0.15) is 16.2 Å². The summed E-state index contributed by atoms with van der Waals surface area (Å²) in [5.41, 5.74) is 6.17. The zero-order valence-electron chi connectivity index (χ0n) is 10.3. The van der Waals surface area contributed by atoms with Gasteiger partial charge >= 0.3 is 0 Å². The summed E-state index contributed by atoms with van der Waals surface area (Å²) in [4.78, 5) is 15.2. The Morgan fingerprint density at radius 2 is 2.10 bits per heavy atom. The molecule has 0 bridgehead atoms. The molecule has 0 fully saturated rings. The first-order valence-electron chi connectivity index (χ1n) is 5.85. The highest BCUT2D eigenvalue weighted by Crippen LogP contribution is 2.45. The van der Waals surface area contributed by atoms with Gasteiger partial charge in [0, 0.05) is 0 Å². The van der Waals surface area contributed by atoms with Gasteiger partial charge in [0.05, 0.1) is 22.7 Å². The van der Waals surface area contributed by atoms with Gasteiger partial charge < -0.3 is 19.7 Å². The SMILES string of the molecule is NCc1nc(-c2c(Cl)cc(C=O)c3c2OCCO3)no1. The van der Waals surface area contributed by atoms with Crippen LogP contribution < -0.4 is 15.2 Å². The van der Waals surface area contributed by atoms with E-state index >= 15 is 0 Å². The summed E-state index contributed by atoms with van der Waals surface area (Å²) in [6.07, 6.45) is 0.657. The molecule has 20 heavy (non-hydrogen) atoms. The minimum Gasteiger partial charge on any atom is -0.485 e. The van der Waals surface area contributed by atoms with E-state index in [1.165, 1.54) is 6.07 Å².